The number of hydrogen-bond donors (Lipinski definition) is 0. The van der Waals surface area contributed by atoms with E-state index in [1.54, 1.807) is 12.1 Å². The van der Waals surface area contributed by atoms with E-state index in [1.165, 1.54) is 20.4 Å². The predicted octanol–water partition coefficient (Wildman–Crippen LogP) is 0.558. The Bertz CT molecular complexity index is 387. The summed E-state index contributed by atoms with van der Waals surface area (Å²) in [5, 5.41) is 0. The Balaban J connectivity index is 2.46. The topological polar surface area (TPSA) is 74.7 Å². The number of rotatable bonds is 5. The molecule has 0 aromatic carbocycles. The van der Waals surface area contributed by atoms with Crippen LogP contribution in [-0.4, -0.2) is 37.7 Å². The van der Waals surface area contributed by atoms with Crippen LogP contribution in [0.15, 0.2) is 18.3 Å². The molecule has 0 amide bonds. The van der Waals surface area contributed by atoms with Gasteiger partial charge in [0, 0.05) is 6.20 Å². The van der Waals surface area contributed by atoms with Crippen LogP contribution < -0.4 is 0 Å². The van der Waals surface area contributed by atoms with Crippen LogP contribution in [0.4, 0.5) is 0 Å². The maximum Gasteiger partial charge on any atom is 0.339 e. The number of aromatic nitrogens is 1. The summed E-state index contributed by atoms with van der Waals surface area (Å²) in [4.78, 5) is 25.9. The molecule has 0 saturated heterocycles. The van der Waals surface area contributed by atoms with E-state index in [2.05, 4.69) is 14.5 Å². The summed E-state index contributed by atoms with van der Waals surface area (Å²) in [5.74, 6) is -0.893. The van der Waals surface area contributed by atoms with Gasteiger partial charge in [0.1, 0.15) is 6.61 Å². The molecule has 1 aromatic rings. The van der Waals surface area contributed by atoms with E-state index < -0.39 is 11.9 Å². The first-order valence-electron chi connectivity index (χ1n) is 4.85. The van der Waals surface area contributed by atoms with Crippen LogP contribution in [0.3, 0.4) is 0 Å². The second-order valence-electron chi connectivity index (χ2n) is 3.10. The molecule has 0 fully saturated rings. The monoisotopic (exact) mass is 239 g/mol. The molecule has 17 heavy (non-hydrogen) atoms. The number of methoxy groups -OCH3 is 2. The third-order valence-electron chi connectivity index (χ3n) is 1.94. The van der Waals surface area contributed by atoms with Crippen LogP contribution in [0.5, 0.6) is 0 Å². The molecule has 0 unspecified atom stereocenters. The fourth-order valence-corrected chi connectivity index (χ4v) is 1.05. The molecule has 0 saturated carbocycles. The van der Waals surface area contributed by atoms with Gasteiger partial charge in [0.05, 0.1) is 32.1 Å². The molecular formula is C11H13NO5. The van der Waals surface area contributed by atoms with Gasteiger partial charge in [-0.3, -0.25) is 4.98 Å². The van der Waals surface area contributed by atoms with E-state index in [-0.39, 0.29) is 13.2 Å². The van der Waals surface area contributed by atoms with Gasteiger partial charge in [-0.1, -0.05) is 0 Å². The summed E-state index contributed by atoms with van der Waals surface area (Å²) in [6, 6.07) is 3.21. The van der Waals surface area contributed by atoms with Crippen molar-refractivity contribution in [3.8, 4) is 0 Å². The molecule has 6 nitrogen and oxygen atoms in total. The SMILES string of the molecule is COC(=O)COCc1ccc(C(=O)OC)cn1. The Morgan fingerprint density at radius 1 is 1.24 bits per heavy atom. The van der Waals surface area contributed by atoms with E-state index in [0.717, 1.165) is 0 Å². The van der Waals surface area contributed by atoms with Gasteiger partial charge in [-0.15, -0.1) is 0 Å². The lowest BCUT2D eigenvalue weighted by molar-refractivity contribution is -0.146. The first kappa shape index (κ1) is 13.1. The third-order valence-corrected chi connectivity index (χ3v) is 1.94. The van der Waals surface area contributed by atoms with Crippen molar-refractivity contribution < 1.29 is 23.8 Å². The molecule has 1 heterocycles. The zero-order chi connectivity index (χ0) is 12.7. The lowest BCUT2D eigenvalue weighted by Crippen LogP contribution is -2.10. The summed E-state index contributed by atoms with van der Waals surface area (Å²) in [6.45, 7) is 0.0491. The largest absolute Gasteiger partial charge is 0.467 e. The number of carbonyl (C=O) groups excluding carboxylic acids is 2. The van der Waals surface area contributed by atoms with Crippen LogP contribution in [0, 0.1) is 0 Å². The molecule has 92 valence electrons. The molecule has 0 aliphatic carbocycles. The number of nitrogens with zero attached hydrogens (tertiary/aromatic N) is 1. The summed E-state index contributed by atoms with van der Waals surface area (Å²) < 4.78 is 14.0. The number of ether oxygens (including phenoxy) is 3. The zero-order valence-electron chi connectivity index (χ0n) is 9.63. The van der Waals surface area contributed by atoms with Gasteiger partial charge in [-0.25, -0.2) is 9.59 Å². The van der Waals surface area contributed by atoms with Crippen molar-refractivity contribution >= 4 is 11.9 Å². The third kappa shape index (κ3) is 4.20. The minimum atomic E-state index is -0.448. The average molecular weight is 239 g/mol. The average Bonchev–Trinajstić information content (AvgIpc) is 2.38. The van der Waals surface area contributed by atoms with E-state index >= 15 is 0 Å². The maximum absolute atomic E-state index is 11.1. The van der Waals surface area contributed by atoms with Crippen LogP contribution in [-0.2, 0) is 25.6 Å². The van der Waals surface area contributed by atoms with Crippen LogP contribution >= 0.6 is 0 Å². The molecule has 0 N–H and O–H groups in total. The highest BCUT2D eigenvalue weighted by atomic mass is 16.6. The number of hydrogen-bond acceptors (Lipinski definition) is 6. The fourth-order valence-electron chi connectivity index (χ4n) is 1.05. The minimum Gasteiger partial charge on any atom is -0.467 e. The highest BCUT2D eigenvalue weighted by Crippen LogP contribution is 2.03. The Labute approximate surface area is 98.5 Å². The van der Waals surface area contributed by atoms with Crippen molar-refractivity contribution in [3.63, 3.8) is 0 Å². The van der Waals surface area contributed by atoms with E-state index in [9.17, 15) is 9.59 Å². The molecule has 1 aromatic heterocycles. The van der Waals surface area contributed by atoms with Crippen LogP contribution in [0.2, 0.25) is 0 Å². The lowest BCUT2D eigenvalue weighted by atomic mass is 10.2. The normalized spacial score (nSPS) is 9.76. The molecule has 0 radical (unpaired) electrons. The predicted molar refractivity (Wildman–Crippen MR) is 57.2 cm³/mol. The second-order valence-corrected chi connectivity index (χ2v) is 3.10. The van der Waals surface area contributed by atoms with Crippen molar-refractivity contribution in [3.05, 3.63) is 29.6 Å². The smallest absolute Gasteiger partial charge is 0.339 e. The second kappa shape index (κ2) is 6.59. The van der Waals surface area contributed by atoms with E-state index in [1.807, 2.05) is 0 Å². The molecule has 0 bridgehead atoms. The molecule has 0 aliphatic rings. The van der Waals surface area contributed by atoms with Gasteiger partial charge >= 0.3 is 11.9 Å². The highest BCUT2D eigenvalue weighted by molar-refractivity contribution is 5.88. The summed E-state index contributed by atoms with van der Waals surface area (Å²) in [5.41, 5.74) is 0.978. The standard InChI is InChI=1S/C11H13NO5/c1-15-10(13)7-17-6-9-4-3-8(5-12-9)11(14)16-2/h3-5H,6-7H2,1-2H3. The first-order valence-corrected chi connectivity index (χ1v) is 4.85. The van der Waals surface area contributed by atoms with Crippen molar-refractivity contribution in [1.29, 1.82) is 0 Å². The summed E-state index contributed by atoms with van der Waals surface area (Å²) in [6.07, 6.45) is 1.39. The van der Waals surface area contributed by atoms with Crippen molar-refractivity contribution in [2.24, 2.45) is 0 Å². The van der Waals surface area contributed by atoms with Gasteiger partial charge in [0.2, 0.25) is 0 Å². The first-order chi connectivity index (χ1) is 8.17. The number of pyridine rings is 1. The lowest BCUT2D eigenvalue weighted by Gasteiger charge is -2.03. The molecular weight excluding hydrogens is 226 g/mol. The Morgan fingerprint density at radius 3 is 2.53 bits per heavy atom. The van der Waals surface area contributed by atoms with Crippen molar-refractivity contribution in [2.45, 2.75) is 6.61 Å². The van der Waals surface area contributed by atoms with Gasteiger partial charge in [-0.05, 0) is 12.1 Å². The summed E-state index contributed by atoms with van der Waals surface area (Å²) >= 11 is 0. The van der Waals surface area contributed by atoms with Crippen molar-refractivity contribution in [2.75, 3.05) is 20.8 Å². The number of esters is 2. The van der Waals surface area contributed by atoms with E-state index in [0.29, 0.717) is 11.3 Å². The Morgan fingerprint density at radius 2 is 2.00 bits per heavy atom. The summed E-state index contributed by atoms with van der Waals surface area (Å²) in [7, 11) is 2.59. The Hall–Kier alpha value is -1.95. The van der Waals surface area contributed by atoms with Gasteiger partial charge in [0.15, 0.2) is 0 Å². The van der Waals surface area contributed by atoms with Gasteiger partial charge < -0.3 is 14.2 Å². The van der Waals surface area contributed by atoms with Crippen LogP contribution in [0.25, 0.3) is 0 Å². The van der Waals surface area contributed by atoms with Gasteiger partial charge in [-0.2, -0.15) is 0 Å². The fraction of sp³-hybridized carbons (Fsp3) is 0.364. The van der Waals surface area contributed by atoms with Crippen LogP contribution in [0.1, 0.15) is 16.1 Å². The zero-order valence-corrected chi connectivity index (χ0v) is 9.63. The maximum atomic E-state index is 11.1. The molecule has 0 atom stereocenters. The highest BCUT2D eigenvalue weighted by Gasteiger charge is 2.06. The molecule has 6 heteroatoms. The Kier molecular flexibility index (Phi) is 5.09. The quantitative estimate of drug-likeness (QED) is 0.699. The number of carbonyl (C=O) groups is 2. The molecule has 0 aliphatic heterocycles. The van der Waals surface area contributed by atoms with Crippen molar-refractivity contribution in [1.82, 2.24) is 4.98 Å². The van der Waals surface area contributed by atoms with Gasteiger partial charge in [0.25, 0.3) is 0 Å². The minimum absolute atomic E-state index is 0.128. The molecule has 1 rings (SSSR count). The van der Waals surface area contributed by atoms with E-state index in [4.69, 9.17) is 4.74 Å². The molecule has 0 spiro atoms.